The standard InChI is InChI=1S/C34H48N4O5/c1-22(2)18-27(30(39)34(5)21-43-34)36-33(42)29(20-25-14-10-7-11-15-25)38-32(41)28(19-23(3)4)37-31(40)26(35)17-16-24-12-8-6-9-13-24/h6-15,22-23,26-29H,16-21,35H2,1-5H3,(H,36,42)(H,37,40)(H,38,41)/t26-,27-,28-,29-,34-/m0/s1. The van der Waals surface area contributed by atoms with Gasteiger partial charge in [0.25, 0.3) is 0 Å². The van der Waals surface area contributed by atoms with E-state index in [0.717, 1.165) is 11.1 Å². The number of amides is 3. The van der Waals surface area contributed by atoms with Crippen molar-refractivity contribution in [2.45, 2.75) is 96.5 Å². The Bertz CT molecular complexity index is 1210. The fourth-order valence-electron chi connectivity index (χ4n) is 5.01. The van der Waals surface area contributed by atoms with E-state index in [-0.39, 0.29) is 24.0 Å². The molecule has 0 radical (unpaired) electrons. The van der Waals surface area contributed by atoms with Crippen LogP contribution in [0.15, 0.2) is 60.7 Å². The summed E-state index contributed by atoms with van der Waals surface area (Å²) in [5.74, 6) is -1.29. The molecule has 234 valence electrons. The zero-order chi connectivity index (χ0) is 31.6. The molecule has 0 spiro atoms. The predicted octanol–water partition coefficient (Wildman–Crippen LogP) is 3.09. The van der Waals surface area contributed by atoms with Crippen LogP contribution < -0.4 is 21.7 Å². The molecule has 0 bridgehead atoms. The summed E-state index contributed by atoms with van der Waals surface area (Å²) in [7, 11) is 0. The zero-order valence-corrected chi connectivity index (χ0v) is 26.1. The summed E-state index contributed by atoms with van der Waals surface area (Å²) in [6.45, 7) is 9.93. The van der Waals surface area contributed by atoms with Crippen LogP contribution in [0.1, 0.15) is 65.0 Å². The van der Waals surface area contributed by atoms with E-state index in [1.807, 2.05) is 88.4 Å². The molecule has 2 aromatic carbocycles. The largest absolute Gasteiger partial charge is 0.361 e. The SMILES string of the molecule is CC(C)C[C@H](NC(=O)[C@@H](N)CCc1ccccc1)C(=O)N[C@@H](Cc1ccccc1)C(=O)N[C@@H](CC(C)C)C(=O)[C@]1(C)CO1. The average Bonchev–Trinajstić information content (AvgIpc) is 3.73. The van der Waals surface area contributed by atoms with Crippen molar-refractivity contribution in [3.8, 4) is 0 Å². The molecule has 43 heavy (non-hydrogen) atoms. The minimum absolute atomic E-state index is 0.0883. The summed E-state index contributed by atoms with van der Waals surface area (Å²) in [6, 6.07) is 15.7. The quantitative estimate of drug-likeness (QED) is 0.208. The second-order valence-electron chi connectivity index (χ2n) is 12.6. The molecule has 1 saturated heterocycles. The number of Topliss-reactive ketones (excluding diaryl/α,β-unsaturated/α-hetero) is 1. The first kappa shape index (κ1) is 33.9. The van der Waals surface area contributed by atoms with E-state index in [1.54, 1.807) is 6.92 Å². The van der Waals surface area contributed by atoms with Gasteiger partial charge in [0.2, 0.25) is 17.7 Å². The molecule has 9 heteroatoms. The summed E-state index contributed by atoms with van der Waals surface area (Å²) in [5, 5.41) is 8.60. The van der Waals surface area contributed by atoms with Crippen LogP contribution in [0.3, 0.4) is 0 Å². The fraction of sp³-hybridized carbons (Fsp3) is 0.529. The summed E-state index contributed by atoms with van der Waals surface area (Å²) >= 11 is 0. The van der Waals surface area contributed by atoms with Crippen molar-refractivity contribution < 1.29 is 23.9 Å². The number of benzene rings is 2. The Labute approximate surface area is 255 Å². The smallest absolute Gasteiger partial charge is 0.243 e. The molecule has 1 aliphatic rings. The molecule has 5 N–H and O–H groups in total. The Morgan fingerprint density at radius 2 is 1.21 bits per heavy atom. The van der Waals surface area contributed by atoms with E-state index in [4.69, 9.17) is 10.5 Å². The monoisotopic (exact) mass is 592 g/mol. The van der Waals surface area contributed by atoms with E-state index >= 15 is 0 Å². The molecular weight excluding hydrogens is 544 g/mol. The predicted molar refractivity (Wildman–Crippen MR) is 167 cm³/mol. The molecule has 0 aliphatic carbocycles. The third kappa shape index (κ3) is 10.9. The Morgan fingerprint density at radius 1 is 0.744 bits per heavy atom. The molecular formula is C34H48N4O5. The van der Waals surface area contributed by atoms with Crippen LogP contribution in [0.5, 0.6) is 0 Å². The third-order valence-electron chi connectivity index (χ3n) is 7.62. The highest BCUT2D eigenvalue weighted by Gasteiger charge is 2.50. The highest BCUT2D eigenvalue weighted by Crippen LogP contribution is 2.29. The normalized spacial score (nSPS) is 18.8. The molecule has 1 fully saturated rings. The molecule has 0 unspecified atom stereocenters. The second-order valence-corrected chi connectivity index (χ2v) is 12.6. The minimum Gasteiger partial charge on any atom is -0.361 e. The number of rotatable bonds is 17. The maximum atomic E-state index is 13.7. The van der Waals surface area contributed by atoms with Gasteiger partial charge < -0.3 is 26.4 Å². The highest BCUT2D eigenvalue weighted by atomic mass is 16.6. The maximum Gasteiger partial charge on any atom is 0.243 e. The van der Waals surface area contributed by atoms with Crippen molar-refractivity contribution in [2.75, 3.05) is 6.61 Å². The molecule has 1 aliphatic heterocycles. The van der Waals surface area contributed by atoms with E-state index in [2.05, 4.69) is 16.0 Å². The molecule has 3 rings (SSSR count). The Morgan fingerprint density at radius 3 is 1.74 bits per heavy atom. The summed E-state index contributed by atoms with van der Waals surface area (Å²) < 4.78 is 5.37. The number of carbonyl (C=O) groups excluding carboxylic acids is 4. The van der Waals surface area contributed by atoms with Gasteiger partial charge in [-0.3, -0.25) is 19.2 Å². The number of ether oxygens (including phenoxy) is 1. The number of ketones is 1. The number of nitrogens with two attached hydrogens (primary N) is 1. The van der Waals surface area contributed by atoms with E-state index in [0.29, 0.717) is 32.3 Å². The maximum absolute atomic E-state index is 13.7. The molecule has 1 heterocycles. The van der Waals surface area contributed by atoms with Gasteiger partial charge in [-0.2, -0.15) is 0 Å². The lowest BCUT2D eigenvalue weighted by Gasteiger charge is -2.27. The van der Waals surface area contributed by atoms with Crippen molar-refractivity contribution >= 4 is 23.5 Å². The first-order valence-electron chi connectivity index (χ1n) is 15.3. The van der Waals surface area contributed by atoms with E-state index in [9.17, 15) is 19.2 Å². The van der Waals surface area contributed by atoms with Crippen molar-refractivity contribution in [3.63, 3.8) is 0 Å². The Kier molecular flexibility index (Phi) is 12.5. The lowest BCUT2D eigenvalue weighted by atomic mass is 9.93. The second kappa shape index (κ2) is 15.8. The number of nitrogens with one attached hydrogen (secondary N) is 3. The summed E-state index contributed by atoms with van der Waals surface area (Å²) in [4.78, 5) is 53.6. The Balaban J connectivity index is 1.74. The van der Waals surface area contributed by atoms with Crippen LogP contribution in [0, 0.1) is 11.8 Å². The average molecular weight is 593 g/mol. The zero-order valence-electron chi connectivity index (χ0n) is 26.1. The molecule has 2 aromatic rings. The van der Waals surface area contributed by atoms with Crippen molar-refractivity contribution in [1.82, 2.24) is 16.0 Å². The van der Waals surface area contributed by atoms with E-state index < -0.39 is 47.5 Å². The van der Waals surface area contributed by atoms with Crippen LogP contribution >= 0.6 is 0 Å². The van der Waals surface area contributed by atoms with Crippen LogP contribution in [0.4, 0.5) is 0 Å². The number of hydrogen-bond acceptors (Lipinski definition) is 6. The molecule has 0 saturated carbocycles. The third-order valence-corrected chi connectivity index (χ3v) is 7.62. The first-order valence-corrected chi connectivity index (χ1v) is 15.3. The van der Waals surface area contributed by atoms with Gasteiger partial charge in [0.15, 0.2) is 5.78 Å². The molecule has 3 amide bonds. The number of hydrogen-bond donors (Lipinski definition) is 4. The van der Waals surface area contributed by atoms with Gasteiger partial charge in [-0.1, -0.05) is 88.4 Å². The van der Waals surface area contributed by atoms with Crippen molar-refractivity contribution in [2.24, 2.45) is 17.6 Å². The molecule has 9 nitrogen and oxygen atoms in total. The van der Waals surface area contributed by atoms with Crippen molar-refractivity contribution in [3.05, 3.63) is 71.8 Å². The van der Waals surface area contributed by atoms with Gasteiger partial charge in [-0.25, -0.2) is 0 Å². The Hall–Kier alpha value is -3.56. The first-order chi connectivity index (χ1) is 20.4. The van der Waals surface area contributed by atoms with Gasteiger partial charge >= 0.3 is 0 Å². The summed E-state index contributed by atoms with van der Waals surface area (Å²) in [5.41, 5.74) is 7.24. The topological polar surface area (TPSA) is 143 Å². The lowest BCUT2D eigenvalue weighted by Crippen LogP contribution is -2.58. The fourth-order valence-corrected chi connectivity index (χ4v) is 5.01. The van der Waals surface area contributed by atoms with Crippen LogP contribution in [-0.2, 0) is 36.8 Å². The van der Waals surface area contributed by atoms with Crippen molar-refractivity contribution in [1.29, 1.82) is 0 Å². The number of epoxide rings is 1. The van der Waals surface area contributed by atoms with Gasteiger partial charge in [-0.05, 0) is 55.6 Å². The van der Waals surface area contributed by atoms with Gasteiger partial charge in [-0.15, -0.1) is 0 Å². The molecule has 5 atom stereocenters. The van der Waals surface area contributed by atoms with Gasteiger partial charge in [0.05, 0.1) is 18.7 Å². The van der Waals surface area contributed by atoms with Gasteiger partial charge in [0, 0.05) is 6.42 Å². The number of aryl methyl sites for hydroxylation is 1. The van der Waals surface area contributed by atoms with Crippen LogP contribution in [0.2, 0.25) is 0 Å². The van der Waals surface area contributed by atoms with Crippen LogP contribution in [-0.4, -0.2) is 59.9 Å². The van der Waals surface area contributed by atoms with E-state index in [1.165, 1.54) is 0 Å². The minimum atomic E-state index is -0.969. The lowest BCUT2D eigenvalue weighted by molar-refractivity contribution is -0.134. The highest BCUT2D eigenvalue weighted by molar-refractivity contribution is 5.98. The number of carbonyl (C=O) groups is 4. The van der Waals surface area contributed by atoms with Gasteiger partial charge in [0.1, 0.15) is 17.7 Å². The summed E-state index contributed by atoms with van der Waals surface area (Å²) in [6.07, 6.45) is 2.10. The van der Waals surface area contributed by atoms with Crippen LogP contribution in [0.25, 0.3) is 0 Å². The molecule has 0 aromatic heterocycles.